The van der Waals surface area contributed by atoms with E-state index in [4.69, 9.17) is 0 Å². The van der Waals surface area contributed by atoms with Crippen molar-refractivity contribution in [1.82, 2.24) is 24.6 Å². The maximum Gasteiger partial charge on any atom is 0.168 e. The Morgan fingerprint density at radius 3 is 2.66 bits per heavy atom. The molecule has 0 amide bonds. The summed E-state index contributed by atoms with van der Waals surface area (Å²) in [6.07, 6.45) is 9.08. The molecule has 3 atom stereocenters. The van der Waals surface area contributed by atoms with Crippen LogP contribution in [0.4, 0.5) is 5.82 Å². The molecule has 1 saturated heterocycles. The summed E-state index contributed by atoms with van der Waals surface area (Å²) in [7, 11) is 0. The Bertz CT molecular complexity index is 968. The van der Waals surface area contributed by atoms with E-state index in [1.165, 1.54) is 25.7 Å². The topological polar surface area (TPSA) is 50.1 Å². The van der Waals surface area contributed by atoms with E-state index in [0.717, 1.165) is 54.1 Å². The van der Waals surface area contributed by atoms with Gasteiger partial charge in [0.15, 0.2) is 5.65 Å². The number of hydrogen-bond donors (Lipinski definition) is 0. The largest absolute Gasteiger partial charge is 0.353 e. The molecule has 0 N–H and O–H groups in total. The first-order chi connectivity index (χ1) is 14.2. The fourth-order valence-corrected chi connectivity index (χ4v) is 5.25. The highest BCUT2D eigenvalue weighted by Gasteiger charge is 2.32. The van der Waals surface area contributed by atoms with Gasteiger partial charge in [-0.2, -0.15) is 5.10 Å². The van der Waals surface area contributed by atoms with E-state index in [2.05, 4.69) is 50.8 Å². The average Bonchev–Trinajstić information content (AvgIpc) is 3.18. The van der Waals surface area contributed by atoms with Crippen molar-refractivity contribution in [3.63, 3.8) is 0 Å². The molecule has 1 aliphatic heterocycles. The second kappa shape index (κ2) is 7.75. The maximum absolute atomic E-state index is 4.66. The molecule has 1 aliphatic carbocycles. The third-order valence-corrected chi connectivity index (χ3v) is 6.70. The van der Waals surface area contributed by atoms with Gasteiger partial charge in [-0.1, -0.05) is 38.0 Å². The molecule has 0 spiro atoms. The molecule has 29 heavy (non-hydrogen) atoms. The predicted octanol–water partition coefficient (Wildman–Crippen LogP) is 3.90. The van der Waals surface area contributed by atoms with E-state index < -0.39 is 0 Å². The van der Waals surface area contributed by atoms with Gasteiger partial charge in [0.05, 0.1) is 17.3 Å². The molecular weight excluding hydrogens is 360 g/mol. The Morgan fingerprint density at radius 1 is 1.00 bits per heavy atom. The standard InChI is InChI=1S/C23H30N6/c1-17-7-6-10-20(13-17)28-12-11-27(15-18(28)2)22-21-14-26-29(23(21)25-16-24-22)19-8-4-3-5-9-19/h3-5,8-9,14,16-18,20H,6-7,10-13,15H2,1-2H3/t17-,18-,20+/m0/s1. The van der Waals surface area contributed by atoms with Gasteiger partial charge in [0, 0.05) is 31.7 Å². The number of benzene rings is 1. The first kappa shape index (κ1) is 18.6. The fourth-order valence-electron chi connectivity index (χ4n) is 5.25. The highest BCUT2D eigenvalue weighted by atomic mass is 15.3. The van der Waals surface area contributed by atoms with Gasteiger partial charge in [0.1, 0.15) is 12.1 Å². The van der Waals surface area contributed by atoms with Crippen molar-refractivity contribution in [2.24, 2.45) is 5.92 Å². The molecule has 3 aromatic rings. The van der Waals surface area contributed by atoms with Crippen molar-refractivity contribution in [3.05, 3.63) is 42.9 Å². The molecule has 2 fully saturated rings. The highest BCUT2D eigenvalue weighted by Crippen LogP contribution is 2.31. The summed E-state index contributed by atoms with van der Waals surface area (Å²) >= 11 is 0. The Balaban J connectivity index is 1.39. The summed E-state index contributed by atoms with van der Waals surface area (Å²) < 4.78 is 1.91. The van der Waals surface area contributed by atoms with Crippen molar-refractivity contribution in [3.8, 4) is 5.69 Å². The number of para-hydroxylation sites is 1. The fraction of sp³-hybridized carbons (Fsp3) is 0.522. The lowest BCUT2D eigenvalue weighted by atomic mass is 9.85. The summed E-state index contributed by atoms with van der Waals surface area (Å²) in [6.45, 7) is 7.91. The summed E-state index contributed by atoms with van der Waals surface area (Å²) in [5.41, 5.74) is 1.90. The Kier molecular flexibility index (Phi) is 4.96. The average molecular weight is 391 g/mol. The van der Waals surface area contributed by atoms with E-state index in [-0.39, 0.29) is 0 Å². The van der Waals surface area contributed by atoms with Crippen molar-refractivity contribution in [1.29, 1.82) is 0 Å². The summed E-state index contributed by atoms with van der Waals surface area (Å²) in [5.74, 6) is 1.88. The Morgan fingerprint density at radius 2 is 1.86 bits per heavy atom. The lowest BCUT2D eigenvalue weighted by Gasteiger charge is -2.46. The number of anilines is 1. The molecule has 152 valence electrons. The summed E-state index contributed by atoms with van der Waals surface area (Å²) in [5, 5.41) is 5.64. The number of rotatable bonds is 3. The Labute approximate surface area is 172 Å². The highest BCUT2D eigenvalue weighted by molar-refractivity contribution is 5.87. The van der Waals surface area contributed by atoms with Crippen LogP contribution in [0.2, 0.25) is 0 Å². The van der Waals surface area contributed by atoms with Crippen LogP contribution in [0.5, 0.6) is 0 Å². The van der Waals surface area contributed by atoms with E-state index in [1.54, 1.807) is 6.33 Å². The first-order valence-corrected chi connectivity index (χ1v) is 11.0. The molecule has 0 radical (unpaired) electrons. The van der Waals surface area contributed by atoms with Crippen molar-refractivity contribution in [2.45, 2.75) is 51.6 Å². The van der Waals surface area contributed by atoms with Crippen LogP contribution in [0.3, 0.4) is 0 Å². The molecule has 2 aliphatic rings. The summed E-state index contributed by atoms with van der Waals surface area (Å²) in [4.78, 5) is 14.4. The molecule has 0 unspecified atom stereocenters. The molecule has 1 aromatic carbocycles. The lowest BCUT2D eigenvalue weighted by Crippen LogP contribution is -2.56. The van der Waals surface area contributed by atoms with Crippen LogP contribution in [-0.2, 0) is 0 Å². The van der Waals surface area contributed by atoms with Crippen molar-refractivity contribution >= 4 is 16.9 Å². The second-order valence-corrected chi connectivity index (χ2v) is 8.78. The van der Waals surface area contributed by atoms with Crippen LogP contribution in [0.15, 0.2) is 42.9 Å². The minimum Gasteiger partial charge on any atom is -0.353 e. The molecule has 6 heteroatoms. The number of aromatic nitrogens is 4. The van der Waals surface area contributed by atoms with E-state index in [1.807, 2.05) is 29.1 Å². The number of piperazine rings is 1. The van der Waals surface area contributed by atoms with Crippen molar-refractivity contribution < 1.29 is 0 Å². The van der Waals surface area contributed by atoms with Crippen LogP contribution >= 0.6 is 0 Å². The molecule has 3 heterocycles. The van der Waals surface area contributed by atoms with Gasteiger partial charge in [0.25, 0.3) is 0 Å². The van der Waals surface area contributed by atoms with Crippen LogP contribution < -0.4 is 4.90 Å². The van der Waals surface area contributed by atoms with Gasteiger partial charge in [-0.15, -0.1) is 0 Å². The third-order valence-electron chi connectivity index (χ3n) is 6.70. The minimum atomic E-state index is 0.535. The first-order valence-electron chi connectivity index (χ1n) is 11.0. The van der Waals surface area contributed by atoms with Crippen molar-refractivity contribution in [2.75, 3.05) is 24.5 Å². The third kappa shape index (κ3) is 3.50. The zero-order chi connectivity index (χ0) is 19.8. The van der Waals surface area contributed by atoms with Gasteiger partial charge in [-0.05, 0) is 37.8 Å². The molecule has 5 rings (SSSR count). The van der Waals surface area contributed by atoms with Gasteiger partial charge < -0.3 is 4.90 Å². The van der Waals surface area contributed by atoms with E-state index in [9.17, 15) is 0 Å². The molecule has 1 saturated carbocycles. The molecule has 6 nitrogen and oxygen atoms in total. The predicted molar refractivity (Wildman–Crippen MR) is 116 cm³/mol. The normalized spacial score (nSPS) is 26.1. The van der Waals surface area contributed by atoms with Crippen LogP contribution in [0, 0.1) is 5.92 Å². The summed E-state index contributed by atoms with van der Waals surface area (Å²) in [6, 6.07) is 11.5. The molecule has 2 aromatic heterocycles. The van der Waals surface area contributed by atoms with Gasteiger partial charge >= 0.3 is 0 Å². The molecular formula is C23H30N6. The Hall–Kier alpha value is -2.47. The van der Waals surface area contributed by atoms with E-state index in [0.29, 0.717) is 6.04 Å². The van der Waals surface area contributed by atoms with Gasteiger partial charge in [-0.25, -0.2) is 14.6 Å². The van der Waals surface area contributed by atoms with Gasteiger partial charge in [-0.3, -0.25) is 4.90 Å². The minimum absolute atomic E-state index is 0.535. The van der Waals surface area contributed by atoms with Gasteiger partial charge in [0.2, 0.25) is 0 Å². The number of hydrogen-bond acceptors (Lipinski definition) is 5. The number of nitrogens with zero attached hydrogens (tertiary/aromatic N) is 6. The van der Waals surface area contributed by atoms with E-state index >= 15 is 0 Å². The zero-order valence-electron chi connectivity index (χ0n) is 17.4. The van der Waals surface area contributed by atoms with Crippen LogP contribution in [0.1, 0.15) is 39.5 Å². The van der Waals surface area contributed by atoms with Crippen LogP contribution in [-0.4, -0.2) is 56.4 Å². The smallest absolute Gasteiger partial charge is 0.168 e. The van der Waals surface area contributed by atoms with Crippen LogP contribution in [0.25, 0.3) is 16.7 Å². The SMILES string of the molecule is C[C@H]1CCC[C@@H](N2CCN(c3ncnc4c3cnn4-c3ccccc3)C[C@@H]2C)C1. The zero-order valence-corrected chi connectivity index (χ0v) is 17.4. The lowest BCUT2D eigenvalue weighted by molar-refractivity contribution is 0.0862. The number of fused-ring (bicyclic) bond motifs is 1. The quantitative estimate of drug-likeness (QED) is 0.679. The second-order valence-electron chi connectivity index (χ2n) is 8.78. The molecule has 0 bridgehead atoms. The maximum atomic E-state index is 4.66. The monoisotopic (exact) mass is 390 g/mol.